The van der Waals surface area contributed by atoms with E-state index in [1.807, 2.05) is 26.0 Å². The first kappa shape index (κ1) is 15.3. The fourth-order valence-electron chi connectivity index (χ4n) is 2.20. The van der Waals surface area contributed by atoms with Crippen LogP contribution >= 0.6 is 11.8 Å². The highest BCUT2D eigenvalue weighted by Gasteiger charge is 2.10. The number of benzene rings is 1. The fourth-order valence-corrected chi connectivity index (χ4v) is 3.04. The number of hydrogen-bond donors (Lipinski definition) is 2. The minimum absolute atomic E-state index is 0.0731. The molecule has 0 spiro atoms. The maximum atomic E-state index is 11.8. The summed E-state index contributed by atoms with van der Waals surface area (Å²) in [5.74, 6) is 0.640. The van der Waals surface area contributed by atoms with E-state index in [1.54, 1.807) is 0 Å². The number of rotatable bonds is 3. The number of aryl methyl sites for hydroxylation is 2. The molecule has 0 radical (unpaired) electrons. The Morgan fingerprint density at radius 1 is 1.04 bits per heavy atom. The molecule has 2 heterocycles. The lowest BCUT2D eigenvalue weighted by Gasteiger charge is -2.08. The molecule has 3 aromatic rings. The molecular formula is C15H15N5O2S. The molecule has 0 saturated carbocycles. The van der Waals surface area contributed by atoms with Crippen LogP contribution in [0.5, 0.6) is 0 Å². The van der Waals surface area contributed by atoms with Gasteiger partial charge >= 0.3 is 5.63 Å². The Morgan fingerprint density at radius 2 is 1.70 bits per heavy atom. The van der Waals surface area contributed by atoms with Crippen LogP contribution in [0.4, 0.5) is 11.9 Å². The highest BCUT2D eigenvalue weighted by molar-refractivity contribution is 7.98. The molecule has 7 nitrogen and oxygen atoms in total. The highest BCUT2D eigenvalue weighted by atomic mass is 32.2. The first-order valence-corrected chi connectivity index (χ1v) is 7.85. The first-order valence-electron chi connectivity index (χ1n) is 6.86. The number of anilines is 2. The van der Waals surface area contributed by atoms with Gasteiger partial charge in [0.05, 0.1) is 0 Å². The number of hydrogen-bond acceptors (Lipinski definition) is 8. The zero-order valence-electron chi connectivity index (χ0n) is 12.7. The second kappa shape index (κ2) is 5.88. The first-order chi connectivity index (χ1) is 10.9. The van der Waals surface area contributed by atoms with E-state index in [1.165, 1.54) is 17.8 Å². The van der Waals surface area contributed by atoms with E-state index in [0.717, 1.165) is 22.1 Å². The van der Waals surface area contributed by atoms with Gasteiger partial charge in [-0.3, -0.25) is 0 Å². The van der Waals surface area contributed by atoms with Gasteiger partial charge in [-0.15, -0.1) is 0 Å². The smallest absolute Gasteiger partial charge is 0.336 e. The van der Waals surface area contributed by atoms with Crippen LogP contribution < -0.4 is 17.1 Å². The quantitative estimate of drug-likeness (QED) is 0.553. The molecule has 4 N–H and O–H groups in total. The third-order valence-corrected chi connectivity index (χ3v) is 4.35. The minimum atomic E-state index is -0.383. The fraction of sp³-hybridized carbons (Fsp3) is 0.200. The van der Waals surface area contributed by atoms with Crippen molar-refractivity contribution in [2.75, 3.05) is 11.5 Å². The summed E-state index contributed by atoms with van der Waals surface area (Å²) in [6, 6.07) is 5.37. The number of nitrogens with two attached hydrogens (primary N) is 2. The Balaban J connectivity index is 1.99. The van der Waals surface area contributed by atoms with Gasteiger partial charge in [0.15, 0.2) is 5.16 Å². The second-order valence-electron chi connectivity index (χ2n) is 5.15. The third kappa shape index (κ3) is 3.26. The van der Waals surface area contributed by atoms with E-state index in [0.29, 0.717) is 16.5 Å². The number of thioether (sulfide) groups is 1. The average Bonchev–Trinajstić information content (AvgIpc) is 2.45. The monoisotopic (exact) mass is 329 g/mol. The molecule has 0 atom stereocenters. The van der Waals surface area contributed by atoms with E-state index in [9.17, 15) is 4.79 Å². The van der Waals surface area contributed by atoms with Gasteiger partial charge in [0.1, 0.15) is 5.58 Å². The van der Waals surface area contributed by atoms with E-state index < -0.39 is 0 Å². The van der Waals surface area contributed by atoms with E-state index >= 15 is 0 Å². The number of aromatic nitrogens is 3. The molecule has 0 aliphatic heterocycles. The van der Waals surface area contributed by atoms with Gasteiger partial charge in [-0.25, -0.2) is 4.79 Å². The van der Waals surface area contributed by atoms with Crippen molar-refractivity contribution >= 4 is 34.6 Å². The summed E-state index contributed by atoms with van der Waals surface area (Å²) < 4.78 is 5.28. The Bertz CT molecular complexity index is 934. The molecule has 0 unspecified atom stereocenters. The van der Waals surface area contributed by atoms with Gasteiger partial charge < -0.3 is 15.9 Å². The summed E-state index contributed by atoms with van der Waals surface area (Å²) >= 11 is 1.33. The molecule has 0 saturated heterocycles. The number of nitrogens with zero attached hydrogens (tertiary/aromatic N) is 3. The molecular weight excluding hydrogens is 314 g/mol. The van der Waals surface area contributed by atoms with Gasteiger partial charge in [-0.05, 0) is 42.7 Å². The molecule has 3 rings (SSSR count). The van der Waals surface area contributed by atoms with Crippen molar-refractivity contribution in [2.24, 2.45) is 0 Å². The Morgan fingerprint density at radius 3 is 2.39 bits per heavy atom. The average molecular weight is 329 g/mol. The SMILES string of the molecule is Cc1cc2oc(=O)cc(CSc3nc(N)nc(N)n3)c2cc1C. The van der Waals surface area contributed by atoms with Crippen LogP contribution in [-0.2, 0) is 5.75 Å². The lowest BCUT2D eigenvalue weighted by Crippen LogP contribution is -2.04. The molecule has 118 valence electrons. The van der Waals surface area contributed by atoms with Crippen molar-refractivity contribution in [3.05, 3.63) is 45.3 Å². The summed E-state index contributed by atoms with van der Waals surface area (Å²) in [6.45, 7) is 4.00. The van der Waals surface area contributed by atoms with Crippen molar-refractivity contribution in [2.45, 2.75) is 24.8 Å². The van der Waals surface area contributed by atoms with Crippen molar-refractivity contribution in [3.8, 4) is 0 Å². The lowest BCUT2D eigenvalue weighted by atomic mass is 10.0. The molecule has 0 bridgehead atoms. The Hall–Kier alpha value is -2.61. The van der Waals surface area contributed by atoms with Crippen LogP contribution in [0.3, 0.4) is 0 Å². The maximum absolute atomic E-state index is 11.8. The highest BCUT2D eigenvalue weighted by Crippen LogP contribution is 2.26. The molecule has 0 aliphatic carbocycles. The van der Waals surface area contributed by atoms with Gasteiger partial charge in [-0.1, -0.05) is 11.8 Å². The normalized spacial score (nSPS) is 11.0. The zero-order valence-corrected chi connectivity index (χ0v) is 13.5. The topological polar surface area (TPSA) is 121 Å². The maximum Gasteiger partial charge on any atom is 0.336 e. The van der Waals surface area contributed by atoms with Crippen molar-refractivity contribution in [3.63, 3.8) is 0 Å². The van der Waals surface area contributed by atoms with Crippen LogP contribution in [0.15, 0.2) is 32.6 Å². The van der Waals surface area contributed by atoms with Gasteiger partial charge in [-0.2, -0.15) is 15.0 Å². The van der Waals surface area contributed by atoms with Crippen LogP contribution in [0.1, 0.15) is 16.7 Å². The zero-order chi connectivity index (χ0) is 16.6. The van der Waals surface area contributed by atoms with Crippen molar-refractivity contribution in [1.82, 2.24) is 15.0 Å². The molecule has 8 heteroatoms. The molecule has 1 aromatic carbocycles. The second-order valence-corrected chi connectivity index (χ2v) is 6.09. The van der Waals surface area contributed by atoms with Gasteiger partial charge in [0.2, 0.25) is 11.9 Å². The Kier molecular flexibility index (Phi) is 3.91. The Labute approximate surface area is 136 Å². The summed E-state index contributed by atoms with van der Waals surface area (Å²) in [4.78, 5) is 23.5. The lowest BCUT2D eigenvalue weighted by molar-refractivity contribution is 0.559. The van der Waals surface area contributed by atoms with Crippen LogP contribution in [-0.4, -0.2) is 15.0 Å². The van der Waals surface area contributed by atoms with Crippen LogP contribution in [0.25, 0.3) is 11.0 Å². The van der Waals surface area contributed by atoms with Crippen molar-refractivity contribution in [1.29, 1.82) is 0 Å². The standard InChI is InChI=1S/C15H15N5O2S/c1-7-3-10-9(5-12(21)22-11(10)4-8(7)2)6-23-15-19-13(16)18-14(17)20-15/h3-5H,6H2,1-2H3,(H4,16,17,18,19,20). The largest absolute Gasteiger partial charge is 0.423 e. The predicted octanol–water partition coefficient (Wildman–Crippen LogP) is 2.05. The predicted molar refractivity (Wildman–Crippen MR) is 90.2 cm³/mol. The third-order valence-electron chi connectivity index (χ3n) is 3.45. The minimum Gasteiger partial charge on any atom is -0.423 e. The van der Waals surface area contributed by atoms with Crippen LogP contribution in [0.2, 0.25) is 0 Å². The number of fused-ring (bicyclic) bond motifs is 1. The van der Waals surface area contributed by atoms with Crippen molar-refractivity contribution < 1.29 is 4.42 Å². The molecule has 23 heavy (non-hydrogen) atoms. The van der Waals surface area contributed by atoms with Crippen LogP contribution in [0, 0.1) is 13.8 Å². The van der Waals surface area contributed by atoms with Gasteiger partial charge in [0.25, 0.3) is 0 Å². The van der Waals surface area contributed by atoms with Gasteiger partial charge in [0, 0.05) is 17.2 Å². The molecule has 2 aromatic heterocycles. The molecule has 0 aliphatic rings. The number of nitrogen functional groups attached to an aromatic ring is 2. The summed E-state index contributed by atoms with van der Waals surface area (Å²) in [7, 11) is 0. The summed E-state index contributed by atoms with van der Waals surface area (Å²) in [6.07, 6.45) is 0. The molecule has 0 amide bonds. The van der Waals surface area contributed by atoms with E-state index in [4.69, 9.17) is 15.9 Å². The summed E-state index contributed by atoms with van der Waals surface area (Å²) in [5, 5.41) is 1.32. The summed E-state index contributed by atoms with van der Waals surface area (Å²) in [5.41, 5.74) is 14.4. The molecule has 0 fully saturated rings. The van der Waals surface area contributed by atoms with E-state index in [2.05, 4.69) is 15.0 Å². The van der Waals surface area contributed by atoms with E-state index in [-0.39, 0.29) is 17.5 Å².